The number of aryl methyl sites for hydroxylation is 1. The number of aromatic nitrogens is 1. The molecule has 31 heavy (non-hydrogen) atoms. The molecule has 164 valence electrons. The van der Waals surface area contributed by atoms with Gasteiger partial charge in [-0.05, 0) is 80.5 Å². The summed E-state index contributed by atoms with van der Waals surface area (Å²) in [6.07, 6.45) is 5.55. The van der Waals surface area contributed by atoms with E-state index in [1.54, 1.807) is 18.4 Å². The molecule has 4 nitrogen and oxygen atoms in total. The van der Waals surface area contributed by atoms with Crippen molar-refractivity contribution in [3.05, 3.63) is 59.3 Å². The molecule has 2 aromatic carbocycles. The second-order valence-electron chi connectivity index (χ2n) is 8.51. The number of benzene rings is 2. The van der Waals surface area contributed by atoms with Crippen LogP contribution in [0, 0.1) is 6.92 Å². The zero-order chi connectivity index (χ0) is 21.8. The SMILES string of the molecule is COCCNC1CCc2c(cccc2-c2cnc(-c3ccc(OC(C)C)c(C)c3)s2)C1. The summed E-state index contributed by atoms with van der Waals surface area (Å²) in [5.41, 5.74) is 6.58. The van der Waals surface area contributed by atoms with Gasteiger partial charge in [-0.15, -0.1) is 11.3 Å². The summed E-state index contributed by atoms with van der Waals surface area (Å²) in [5.74, 6) is 0.946. The molecule has 0 amide bonds. The Labute approximate surface area is 189 Å². The van der Waals surface area contributed by atoms with Gasteiger partial charge in [0.2, 0.25) is 0 Å². The molecule has 1 aromatic heterocycles. The highest BCUT2D eigenvalue weighted by Gasteiger charge is 2.21. The van der Waals surface area contributed by atoms with E-state index in [2.05, 4.69) is 62.5 Å². The summed E-state index contributed by atoms with van der Waals surface area (Å²) in [6, 6.07) is 13.6. The maximum atomic E-state index is 5.88. The van der Waals surface area contributed by atoms with Crippen molar-refractivity contribution >= 4 is 11.3 Å². The molecule has 3 aromatic rings. The van der Waals surface area contributed by atoms with E-state index in [1.807, 2.05) is 6.20 Å². The minimum atomic E-state index is 0.176. The van der Waals surface area contributed by atoms with Gasteiger partial charge in [0.15, 0.2) is 0 Å². The Morgan fingerprint density at radius 2 is 2.10 bits per heavy atom. The average Bonchev–Trinajstić information content (AvgIpc) is 3.24. The van der Waals surface area contributed by atoms with Gasteiger partial charge in [0.05, 0.1) is 17.6 Å². The maximum Gasteiger partial charge on any atom is 0.123 e. The molecule has 1 aliphatic carbocycles. The van der Waals surface area contributed by atoms with Crippen LogP contribution in [0.1, 0.15) is 37.0 Å². The van der Waals surface area contributed by atoms with Crippen LogP contribution in [0.4, 0.5) is 0 Å². The molecule has 0 saturated heterocycles. The standard InChI is InChI=1S/C26H32N2O2S/c1-17(2)30-24-11-8-20(14-18(24)3)26-28-16-25(31-26)23-7-5-6-19-15-21(9-10-22(19)23)27-12-13-29-4/h5-8,11,14,16-17,21,27H,9-10,12-13,15H2,1-4H3. The lowest BCUT2D eigenvalue weighted by atomic mass is 9.85. The number of nitrogens with one attached hydrogen (secondary N) is 1. The van der Waals surface area contributed by atoms with Crippen molar-refractivity contribution in [2.45, 2.75) is 52.2 Å². The molecule has 1 aliphatic rings. The molecular formula is C26H32N2O2S. The molecule has 4 rings (SSSR count). The third kappa shape index (κ3) is 5.17. The van der Waals surface area contributed by atoms with Gasteiger partial charge in [0, 0.05) is 31.5 Å². The summed E-state index contributed by atoms with van der Waals surface area (Å²) in [6.45, 7) is 7.88. The van der Waals surface area contributed by atoms with Gasteiger partial charge in [0.25, 0.3) is 0 Å². The Balaban J connectivity index is 1.54. The number of ether oxygens (including phenoxy) is 2. The Morgan fingerprint density at radius 1 is 1.23 bits per heavy atom. The number of fused-ring (bicyclic) bond motifs is 1. The first-order chi connectivity index (χ1) is 15.0. The fourth-order valence-electron chi connectivity index (χ4n) is 4.28. The van der Waals surface area contributed by atoms with Gasteiger partial charge in [-0.1, -0.05) is 18.2 Å². The molecule has 1 heterocycles. The first kappa shape index (κ1) is 22.0. The predicted octanol–water partition coefficient (Wildman–Crippen LogP) is 5.67. The second kappa shape index (κ2) is 9.94. The number of rotatable bonds is 8. The molecule has 0 saturated carbocycles. The van der Waals surface area contributed by atoms with Crippen molar-refractivity contribution in [3.63, 3.8) is 0 Å². The highest BCUT2D eigenvalue weighted by molar-refractivity contribution is 7.18. The number of thiazole rings is 1. The van der Waals surface area contributed by atoms with E-state index in [-0.39, 0.29) is 6.10 Å². The third-order valence-corrected chi connectivity index (χ3v) is 6.86. The third-order valence-electron chi connectivity index (χ3n) is 5.78. The monoisotopic (exact) mass is 436 g/mol. The Bertz CT molecular complexity index is 1030. The minimum Gasteiger partial charge on any atom is -0.491 e. The topological polar surface area (TPSA) is 43.4 Å². The molecule has 1 N–H and O–H groups in total. The van der Waals surface area contributed by atoms with Crippen LogP contribution in [-0.4, -0.2) is 37.4 Å². The van der Waals surface area contributed by atoms with Crippen LogP contribution in [0.3, 0.4) is 0 Å². The number of hydrogen-bond acceptors (Lipinski definition) is 5. The van der Waals surface area contributed by atoms with Crippen LogP contribution >= 0.6 is 11.3 Å². The zero-order valence-corrected chi connectivity index (χ0v) is 19.7. The molecule has 0 spiro atoms. The van der Waals surface area contributed by atoms with E-state index in [9.17, 15) is 0 Å². The Kier molecular flexibility index (Phi) is 7.06. The van der Waals surface area contributed by atoms with E-state index in [4.69, 9.17) is 14.5 Å². The minimum absolute atomic E-state index is 0.176. The van der Waals surface area contributed by atoms with Gasteiger partial charge in [-0.25, -0.2) is 4.98 Å². The Hall–Kier alpha value is -2.21. The molecule has 0 bridgehead atoms. The lowest BCUT2D eigenvalue weighted by Gasteiger charge is -2.27. The highest BCUT2D eigenvalue weighted by Crippen LogP contribution is 2.38. The smallest absolute Gasteiger partial charge is 0.123 e. The summed E-state index contributed by atoms with van der Waals surface area (Å²) in [5, 5.41) is 4.68. The number of nitrogens with zero attached hydrogens (tertiary/aromatic N) is 1. The number of methoxy groups -OCH3 is 1. The van der Waals surface area contributed by atoms with Crippen LogP contribution in [0.5, 0.6) is 5.75 Å². The van der Waals surface area contributed by atoms with E-state index in [0.29, 0.717) is 6.04 Å². The van der Waals surface area contributed by atoms with Gasteiger partial charge in [-0.3, -0.25) is 0 Å². The molecule has 1 atom stereocenters. The van der Waals surface area contributed by atoms with Crippen molar-refractivity contribution in [3.8, 4) is 26.8 Å². The van der Waals surface area contributed by atoms with Crippen LogP contribution in [0.25, 0.3) is 21.0 Å². The van der Waals surface area contributed by atoms with Gasteiger partial charge < -0.3 is 14.8 Å². The Morgan fingerprint density at radius 3 is 2.87 bits per heavy atom. The first-order valence-electron chi connectivity index (χ1n) is 11.1. The summed E-state index contributed by atoms with van der Waals surface area (Å²) in [7, 11) is 1.75. The van der Waals surface area contributed by atoms with Crippen LogP contribution in [0.15, 0.2) is 42.6 Å². The first-order valence-corrected chi connectivity index (χ1v) is 11.9. The summed E-state index contributed by atoms with van der Waals surface area (Å²) in [4.78, 5) is 6.01. The van der Waals surface area contributed by atoms with Crippen LogP contribution < -0.4 is 10.1 Å². The molecule has 5 heteroatoms. The van der Waals surface area contributed by atoms with E-state index < -0.39 is 0 Å². The van der Waals surface area contributed by atoms with Crippen molar-refractivity contribution in [1.82, 2.24) is 10.3 Å². The van der Waals surface area contributed by atoms with E-state index >= 15 is 0 Å². The fourth-order valence-corrected chi connectivity index (χ4v) is 5.24. The summed E-state index contributed by atoms with van der Waals surface area (Å²) >= 11 is 1.77. The summed E-state index contributed by atoms with van der Waals surface area (Å²) < 4.78 is 11.1. The van der Waals surface area contributed by atoms with Crippen LogP contribution in [0.2, 0.25) is 0 Å². The van der Waals surface area contributed by atoms with Gasteiger partial charge in [-0.2, -0.15) is 0 Å². The van der Waals surface area contributed by atoms with Crippen molar-refractivity contribution in [2.75, 3.05) is 20.3 Å². The molecule has 0 aliphatic heterocycles. The van der Waals surface area contributed by atoms with Gasteiger partial charge >= 0.3 is 0 Å². The molecule has 0 radical (unpaired) electrons. The molecule has 0 fully saturated rings. The second-order valence-corrected chi connectivity index (χ2v) is 9.54. The predicted molar refractivity (Wildman–Crippen MR) is 129 cm³/mol. The van der Waals surface area contributed by atoms with E-state index in [0.717, 1.165) is 54.3 Å². The highest BCUT2D eigenvalue weighted by atomic mass is 32.1. The van der Waals surface area contributed by atoms with Gasteiger partial charge in [0.1, 0.15) is 10.8 Å². The van der Waals surface area contributed by atoms with Crippen molar-refractivity contribution < 1.29 is 9.47 Å². The maximum absolute atomic E-state index is 5.88. The quantitative estimate of drug-likeness (QED) is 0.462. The van der Waals surface area contributed by atoms with Crippen molar-refractivity contribution in [2.24, 2.45) is 0 Å². The molecular weight excluding hydrogens is 404 g/mol. The van der Waals surface area contributed by atoms with Crippen LogP contribution in [-0.2, 0) is 17.6 Å². The fraction of sp³-hybridized carbons (Fsp3) is 0.423. The van der Waals surface area contributed by atoms with Crippen molar-refractivity contribution in [1.29, 1.82) is 0 Å². The van der Waals surface area contributed by atoms with E-state index in [1.165, 1.54) is 21.6 Å². The lowest BCUT2D eigenvalue weighted by molar-refractivity contribution is 0.194. The average molecular weight is 437 g/mol. The normalized spacial score (nSPS) is 15.8. The largest absolute Gasteiger partial charge is 0.491 e. The lowest BCUT2D eigenvalue weighted by Crippen LogP contribution is -2.36. The zero-order valence-electron chi connectivity index (χ0n) is 18.9. The number of hydrogen-bond donors (Lipinski definition) is 1. The molecule has 1 unspecified atom stereocenters.